The Morgan fingerprint density at radius 3 is 2.69 bits per heavy atom. The van der Waals surface area contributed by atoms with Gasteiger partial charge in [0.1, 0.15) is 0 Å². The van der Waals surface area contributed by atoms with E-state index in [9.17, 15) is 9.59 Å². The van der Waals surface area contributed by atoms with Crippen molar-refractivity contribution in [3.05, 3.63) is 53.6 Å². The molecule has 1 unspecified atom stereocenters. The Bertz CT molecular complexity index is 861. The zero-order valence-electron chi connectivity index (χ0n) is 14.5. The van der Waals surface area contributed by atoms with Crippen LogP contribution in [0.25, 0.3) is 0 Å². The van der Waals surface area contributed by atoms with Crippen LogP contribution in [0.5, 0.6) is 11.5 Å². The maximum Gasteiger partial charge on any atom is 0.251 e. The largest absolute Gasteiger partial charge is 0.454 e. The number of hydrogen-bond acceptors (Lipinski definition) is 4. The Hall–Kier alpha value is -3.02. The number of rotatable bonds is 5. The minimum Gasteiger partial charge on any atom is -0.454 e. The Balaban J connectivity index is 1.43. The number of amides is 2. The third-order valence-electron chi connectivity index (χ3n) is 4.58. The molecule has 2 aromatic carbocycles. The van der Waals surface area contributed by atoms with Crippen LogP contribution in [0.15, 0.2) is 42.5 Å². The van der Waals surface area contributed by atoms with Crippen molar-refractivity contribution >= 4 is 17.5 Å². The van der Waals surface area contributed by atoms with Gasteiger partial charge in [-0.3, -0.25) is 9.59 Å². The molecule has 2 N–H and O–H groups in total. The normalized spacial score (nSPS) is 16.0. The van der Waals surface area contributed by atoms with Gasteiger partial charge in [-0.2, -0.15) is 0 Å². The Morgan fingerprint density at radius 1 is 1.08 bits per heavy atom. The van der Waals surface area contributed by atoms with E-state index in [1.165, 1.54) is 0 Å². The molecular weight excluding hydrogens is 332 g/mol. The molecule has 134 valence electrons. The molecule has 0 radical (unpaired) electrons. The number of benzene rings is 2. The van der Waals surface area contributed by atoms with Crippen molar-refractivity contribution in [3.63, 3.8) is 0 Å². The van der Waals surface area contributed by atoms with Gasteiger partial charge >= 0.3 is 0 Å². The summed E-state index contributed by atoms with van der Waals surface area (Å²) in [6.07, 6.45) is 1.89. The van der Waals surface area contributed by atoms with E-state index < -0.39 is 0 Å². The van der Waals surface area contributed by atoms with Crippen molar-refractivity contribution in [1.29, 1.82) is 0 Å². The second kappa shape index (κ2) is 6.71. The lowest BCUT2D eigenvalue weighted by Crippen LogP contribution is -2.26. The molecular formula is C20H20N2O4. The maximum atomic E-state index is 12.6. The van der Waals surface area contributed by atoms with Crippen LogP contribution in [0.4, 0.5) is 5.69 Å². The zero-order valence-corrected chi connectivity index (χ0v) is 14.5. The molecule has 0 saturated heterocycles. The summed E-state index contributed by atoms with van der Waals surface area (Å²) in [5.41, 5.74) is 2.08. The zero-order chi connectivity index (χ0) is 18.1. The topological polar surface area (TPSA) is 76.7 Å². The van der Waals surface area contributed by atoms with E-state index >= 15 is 0 Å². The first-order chi connectivity index (χ1) is 12.6. The Kier molecular flexibility index (Phi) is 4.24. The summed E-state index contributed by atoms with van der Waals surface area (Å²) in [6, 6.07) is 12.4. The highest BCUT2D eigenvalue weighted by molar-refractivity contribution is 5.98. The third kappa shape index (κ3) is 3.49. The number of hydrogen-bond donors (Lipinski definition) is 2. The van der Waals surface area contributed by atoms with Gasteiger partial charge in [0, 0.05) is 17.2 Å². The Labute approximate surface area is 151 Å². The van der Waals surface area contributed by atoms with E-state index in [-0.39, 0.29) is 30.6 Å². The standard InChI is InChI=1S/C20H20N2O4/c1-12(14-7-8-17-18(10-14)26-11-25-17)21-20(24)15-3-2-4-16(9-15)22-19(23)13-5-6-13/h2-4,7-10,12-13H,5-6,11H2,1H3,(H,21,24)(H,22,23). The average Bonchev–Trinajstić information content (AvgIpc) is 3.39. The van der Waals surface area contributed by atoms with E-state index in [2.05, 4.69) is 10.6 Å². The van der Waals surface area contributed by atoms with Crippen LogP contribution in [-0.2, 0) is 4.79 Å². The quantitative estimate of drug-likeness (QED) is 0.866. The third-order valence-corrected chi connectivity index (χ3v) is 4.58. The summed E-state index contributed by atoms with van der Waals surface area (Å²) in [6.45, 7) is 2.13. The van der Waals surface area contributed by atoms with Gasteiger partial charge < -0.3 is 20.1 Å². The second-order valence-electron chi connectivity index (χ2n) is 6.65. The van der Waals surface area contributed by atoms with Crippen molar-refractivity contribution in [1.82, 2.24) is 5.32 Å². The number of carbonyl (C=O) groups is 2. The van der Waals surface area contributed by atoms with Gasteiger partial charge in [0.25, 0.3) is 5.91 Å². The van der Waals surface area contributed by atoms with Gasteiger partial charge in [-0.25, -0.2) is 0 Å². The van der Waals surface area contributed by atoms with Crippen molar-refractivity contribution in [2.24, 2.45) is 5.92 Å². The summed E-state index contributed by atoms with van der Waals surface area (Å²) in [5, 5.41) is 5.83. The first kappa shape index (κ1) is 16.4. The molecule has 1 aliphatic heterocycles. The highest BCUT2D eigenvalue weighted by Gasteiger charge is 2.29. The molecule has 1 heterocycles. The molecule has 6 nitrogen and oxygen atoms in total. The van der Waals surface area contributed by atoms with E-state index in [4.69, 9.17) is 9.47 Å². The monoisotopic (exact) mass is 352 g/mol. The minimum atomic E-state index is -0.197. The minimum absolute atomic E-state index is 0.0243. The molecule has 4 rings (SSSR count). The van der Waals surface area contributed by atoms with Crippen LogP contribution >= 0.6 is 0 Å². The van der Waals surface area contributed by atoms with E-state index in [0.717, 1.165) is 18.4 Å². The van der Waals surface area contributed by atoms with Gasteiger partial charge in [0.15, 0.2) is 11.5 Å². The molecule has 2 amide bonds. The lowest BCUT2D eigenvalue weighted by atomic mass is 10.1. The number of fused-ring (bicyclic) bond motifs is 1. The van der Waals surface area contributed by atoms with E-state index in [1.807, 2.05) is 25.1 Å². The fourth-order valence-electron chi connectivity index (χ4n) is 2.87. The number of nitrogens with one attached hydrogen (secondary N) is 2. The molecule has 0 aromatic heterocycles. The lowest BCUT2D eigenvalue weighted by Gasteiger charge is -2.15. The van der Waals surface area contributed by atoms with Gasteiger partial charge in [-0.15, -0.1) is 0 Å². The van der Waals surface area contributed by atoms with Crippen molar-refractivity contribution in [2.75, 3.05) is 12.1 Å². The highest BCUT2D eigenvalue weighted by Crippen LogP contribution is 2.34. The summed E-state index contributed by atoms with van der Waals surface area (Å²) < 4.78 is 10.7. The van der Waals surface area contributed by atoms with Crippen LogP contribution < -0.4 is 20.1 Å². The number of carbonyl (C=O) groups excluding carboxylic acids is 2. The molecule has 1 aliphatic carbocycles. The summed E-state index contributed by atoms with van der Waals surface area (Å²) in [7, 11) is 0. The van der Waals surface area contributed by atoms with Gasteiger partial charge in [0.2, 0.25) is 12.7 Å². The van der Waals surface area contributed by atoms with Crippen LogP contribution in [0.1, 0.15) is 41.7 Å². The molecule has 1 saturated carbocycles. The summed E-state index contributed by atoms with van der Waals surface area (Å²) in [4.78, 5) is 24.4. The summed E-state index contributed by atoms with van der Waals surface area (Å²) >= 11 is 0. The molecule has 1 fully saturated rings. The Morgan fingerprint density at radius 2 is 1.88 bits per heavy atom. The van der Waals surface area contributed by atoms with Crippen molar-refractivity contribution in [2.45, 2.75) is 25.8 Å². The van der Waals surface area contributed by atoms with Crippen LogP contribution in [0.2, 0.25) is 0 Å². The SMILES string of the molecule is CC(NC(=O)c1cccc(NC(=O)C2CC2)c1)c1ccc2c(c1)OCO2. The molecule has 0 spiro atoms. The molecule has 6 heteroatoms. The second-order valence-corrected chi connectivity index (χ2v) is 6.65. The fraction of sp³-hybridized carbons (Fsp3) is 0.300. The van der Waals surface area contributed by atoms with E-state index in [1.54, 1.807) is 24.3 Å². The predicted octanol–water partition coefficient (Wildman–Crippen LogP) is 3.25. The highest BCUT2D eigenvalue weighted by atomic mass is 16.7. The number of anilines is 1. The van der Waals surface area contributed by atoms with E-state index in [0.29, 0.717) is 22.7 Å². The summed E-state index contributed by atoms with van der Waals surface area (Å²) in [5.74, 6) is 1.35. The lowest BCUT2D eigenvalue weighted by molar-refractivity contribution is -0.117. The van der Waals surface area contributed by atoms with Crippen molar-refractivity contribution < 1.29 is 19.1 Å². The number of ether oxygens (including phenoxy) is 2. The van der Waals surface area contributed by atoms with Crippen LogP contribution in [0.3, 0.4) is 0 Å². The van der Waals surface area contributed by atoms with Crippen LogP contribution in [0, 0.1) is 5.92 Å². The molecule has 0 bridgehead atoms. The molecule has 1 atom stereocenters. The van der Waals surface area contributed by atoms with Gasteiger partial charge in [-0.1, -0.05) is 12.1 Å². The average molecular weight is 352 g/mol. The van der Waals surface area contributed by atoms with Gasteiger partial charge in [0.05, 0.1) is 6.04 Å². The first-order valence-electron chi connectivity index (χ1n) is 8.71. The van der Waals surface area contributed by atoms with Crippen LogP contribution in [-0.4, -0.2) is 18.6 Å². The smallest absolute Gasteiger partial charge is 0.251 e. The van der Waals surface area contributed by atoms with Crippen molar-refractivity contribution in [3.8, 4) is 11.5 Å². The molecule has 26 heavy (non-hydrogen) atoms. The molecule has 2 aliphatic rings. The fourth-order valence-corrected chi connectivity index (χ4v) is 2.87. The maximum absolute atomic E-state index is 12.6. The molecule has 2 aromatic rings. The van der Waals surface area contributed by atoms with Gasteiger partial charge in [-0.05, 0) is 55.7 Å². The predicted molar refractivity (Wildman–Crippen MR) is 96.2 cm³/mol. The first-order valence-corrected chi connectivity index (χ1v) is 8.71.